The molecule has 2 aromatic carbocycles. The first-order valence-corrected chi connectivity index (χ1v) is 9.98. The van der Waals surface area contributed by atoms with Crippen molar-refractivity contribution in [1.82, 2.24) is 4.90 Å². The number of benzene rings is 2. The molecule has 0 saturated heterocycles. The van der Waals surface area contributed by atoms with E-state index in [4.69, 9.17) is 11.6 Å². The van der Waals surface area contributed by atoms with Gasteiger partial charge in [-0.15, -0.1) is 11.3 Å². The number of carbonyl (C=O) groups is 2. The van der Waals surface area contributed by atoms with E-state index in [1.54, 1.807) is 0 Å². The van der Waals surface area contributed by atoms with E-state index in [0.717, 1.165) is 28.5 Å². The van der Waals surface area contributed by atoms with Crippen LogP contribution in [0.3, 0.4) is 0 Å². The molecule has 1 N–H and O–H groups in total. The van der Waals surface area contributed by atoms with Crippen molar-refractivity contribution < 1.29 is 14.0 Å². The number of carbonyl (C=O) groups excluding carboxylic acids is 2. The second-order valence-corrected chi connectivity index (χ2v) is 7.87. The second-order valence-electron chi connectivity index (χ2n) is 6.52. The van der Waals surface area contributed by atoms with Crippen LogP contribution in [0.4, 0.5) is 10.1 Å². The number of nitrogens with zero attached hydrogens (tertiary/aromatic N) is 1. The lowest BCUT2D eigenvalue weighted by Gasteiger charge is -2.29. The Morgan fingerprint density at radius 3 is 2.71 bits per heavy atom. The first-order valence-electron chi connectivity index (χ1n) is 8.72. The van der Waals surface area contributed by atoms with Crippen LogP contribution < -0.4 is 5.32 Å². The van der Waals surface area contributed by atoms with E-state index in [0.29, 0.717) is 18.8 Å². The minimum Gasteiger partial charge on any atom is -0.333 e. The maximum Gasteiger partial charge on any atom is 0.264 e. The summed E-state index contributed by atoms with van der Waals surface area (Å²) in [6.07, 6.45) is 0.768. The van der Waals surface area contributed by atoms with Gasteiger partial charge in [0.25, 0.3) is 11.8 Å². The molecule has 0 saturated carbocycles. The van der Waals surface area contributed by atoms with Crippen molar-refractivity contribution in [2.24, 2.45) is 0 Å². The molecular weight excluding hydrogens is 399 g/mol. The van der Waals surface area contributed by atoms with Crippen LogP contribution in [0.1, 0.15) is 31.2 Å². The Bertz CT molecular complexity index is 1050. The zero-order chi connectivity index (χ0) is 19.7. The van der Waals surface area contributed by atoms with Gasteiger partial charge in [-0.05, 0) is 59.3 Å². The molecule has 142 valence electrons. The van der Waals surface area contributed by atoms with Gasteiger partial charge in [-0.25, -0.2) is 4.39 Å². The van der Waals surface area contributed by atoms with Gasteiger partial charge in [-0.2, -0.15) is 0 Å². The molecule has 7 heteroatoms. The highest BCUT2D eigenvalue weighted by Gasteiger charge is 2.23. The van der Waals surface area contributed by atoms with Crippen LogP contribution in [0.2, 0.25) is 5.02 Å². The largest absolute Gasteiger partial charge is 0.333 e. The molecule has 2 amide bonds. The molecule has 0 fully saturated rings. The monoisotopic (exact) mass is 414 g/mol. The summed E-state index contributed by atoms with van der Waals surface area (Å²) in [7, 11) is 0. The minimum absolute atomic E-state index is 0.0215. The van der Waals surface area contributed by atoms with Crippen LogP contribution in [0.5, 0.6) is 0 Å². The Balaban J connectivity index is 1.51. The van der Waals surface area contributed by atoms with E-state index in [-0.39, 0.29) is 16.5 Å². The zero-order valence-corrected chi connectivity index (χ0v) is 16.3. The molecule has 2 heterocycles. The van der Waals surface area contributed by atoms with Gasteiger partial charge in [-0.1, -0.05) is 23.7 Å². The van der Waals surface area contributed by atoms with Crippen molar-refractivity contribution in [2.75, 3.05) is 11.9 Å². The standard InChI is InChI=1S/C21H16ClFN2O2S/c22-18-11-15(23)4-6-17(18)20(26)24-16-5-3-13-7-8-25(12-14(13)10-16)21(27)19-2-1-9-28-19/h1-6,9-11H,7-8,12H2,(H,24,26). The molecule has 1 aromatic heterocycles. The van der Waals surface area contributed by atoms with Crippen molar-refractivity contribution in [1.29, 1.82) is 0 Å². The summed E-state index contributed by atoms with van der Waals surface area (Å²) in [5, 5.41) is 4.74. The average Bonchev–Trinajstić information content (AvgIpc) is 3.21. The number of hydrogen-bond acceptors (Lipinski definition) is 3. The minimum atomic E-state index is -0.495. The van der Waals surface area contributed by atoms with Crippen LogP contribution in [0.15, 0.2) is 53.9 Å². The van der Waals surface area contributed by atoms with Crippen molar-refractivity contribution in [3.8, 4) is 0 Å². The fraction of sp³-hybridized carbons (Fsp3) is 0.143. The fourth-order valence-electron chi connectivity index (χ4n) is 3.24. The van der Waals surface area contributed by atoms with Gasteiger partial charge in [0.05, 0.1) is 15.5 Å². The SMILES string of the molecule is O=C(Nc1ccc2c(c1)CN(C(=O)c1cccs1)CC2)c1ccc(F)cc1Cl. The smallest absolute Gasteiger partial charge is 0.264 e. The lowest BCUT2D eigenvalue weighted by atomic mass is 9.98. The van der Waals surface area contributed by atoms with E-state index in [1.807, 2.05) is 40.6 Å². The van der Waals surface area contributed by atoms with Gasteiger partial charge in [-0.3, -0.25) is 9.59 Å². The van der Waals surface area contributed by atoms with Crippen molar-refractivity contribution in [2.45, 2.75) is 13.0 Å². The molecular formula is C21H16ClFN2O2S. The number of hydrogen-bond donors (Lipinski definition) is 1. The zero-order valence-electron chi connectivity index (χ0n) is 14.7. The predicted molar refractivity (Wildman–Crippen MR) is 109 cm³/mol. The van der Waals surface area contributed by atoms with Gasteiger partial charge in [0.2, 0.25) is 0 Å². The van der Waals surface area contributed by atoms with Crippen LogP contribution in [0.25, 0.3) is 0 Å². The van der Waals surface area contributed by atoms with E-state index >= 15 is 0 Å². The molecule has 28 heavy (non-hydrogen) atoms. The first-order chi connectivity index (χ1) is 13.5. The van der Waals surface area contributed by atoms with Gasteiger partial charge < -0.3 is 10.2 Å². The maximum absolute atomic E-state index is 13.2. The molecule has 4 nitrogen and oxygen atoms in total. The van der Waals surface area contributed by atoms with Gasteiger partial charge in [0.1, 0.15) is 5.82 Å². The van der Waals surface area contributed by atoms with Crippen LogP contribution >= 0.6 is 22.9 Å². The Morgan fingerprint density at radius 2 is 1.96 bits per heavy atom. The number of rotatable bonds is 3. The Morgan fingerprint density at radius 1 is 1.11 bits per heavy atom. The third-order valence-electron chi connectivity index (χ3n) is 4.67. The lowest BCUT2D eigenvalue weighted by molar-refractivity contribution is 0.0739. The topological polar surface area (TPSA) is 49.4 Å². The number of thiophene rings is 1. The predicted octanol–water partition coefficient (Wildman–Crippen LogP) is 4.99. The van der Waals surface area contributed by atoms with E-state index in [9.17, 15) is 14.0 Å². The van der Waals surface area contributed by atoms with Gasteiger partial charge in [0.15, 0.2) is 0 Å². The third-order valence-corrected chi connectivity index (χ3v) is 5.84. The van der Waals surface area contributed by atoms with Crippen LogP contribution in [0, 0.1) is 5.82 Å². The molecule has 0 radical (unpaired) electrons. The normalized spacial score (nSPS) is 13.1. The molecule has 1 aliphatic rings. The molecule has 0 unspecified atom stereocenters. The summed E-state index contributed by atoms with van der Waals surface area (Å²) in [5.74, 6) is -0.883. The summed E-state index contributed by atoms with van der Waals surface area (Å²) >= 11 is 7.39. The van der Waals surface area contributed by atoms with Crippen LogP contribution in [-0.2, 0) is 13.0 Å². The summed E-state index contributed by atoms with van der Waals surface area (Å²) in [6.45, 7) is 1.16. The highest BCUT2D eigenvalue weighted by Crippen LogP contribution is 2.26. The van der Waals surface area contributed by atoms with E-state index < -0.39 is 11.7 Å². The number of fused-ring (bicyclic) bond motifs is 1. The van der Waals surface area contributed by atoms with E-state index in [2.05, 4.69) is 5.32 Å². The average molecular weight is 415 g/mol. The fourth-order valence-corrected chi connectivity index (χ4v) is 4.18. The molecule has 0 bridgehead atoms. The highest BCUT2D eigenvalue weighted by atomic mass is 35.5. The Hall–Kier alpha value is -2.70. The number of halogens is 2. The summed E-state index contributed by atoms with van der Waals surface area (Å²) in [5.41, 5.74) is 2.97. The molecule has 3 aromatic rings. The number of nitrogens with one attached hydrogen (secondary N) is 1. The quantitative estimate of drug-likeness (QED) is 0.656. The number of anilines is 1. The molecule has 4 rings (SSSR count). The van der Waals surface area contributed by atoms with Crippen molar-refractivity contribution in [3.05, 3.63) is 86.3 Å². The molecule has 0 atom stereocenters. The second kappa shape index (κ2) is 7.73. The highest BCUT2D eigenvalue weighted by molar-refractivity contribution is 7.12. The van der Waals surface area contributed by atoms with Crippen molar-refractivity contribution in [3.63, 3.8) is 0 Å². The Labute approximate surface area is 170 Å². The summed E-state index contributed by atoms with van der Waals surface area (Å²) in [4.78, 5) is 27.6. The molecule has 0 spiro atoms. The summed E-state index contributed by atoms with van der Waals surface area (Å²) in [6, 6.07) is 13.0. The molecule has 0 aliphatic carbocycles. The number of amides is 2. The first kappa shape index (κ1) is 18.7. The molecule has 1 aliphatic heterocycles. The third kappa shape index (κ3) is 3.79. The lowest BCUT2D eigenvalue weighted by Crippen LogP contribution is -2.35. The van der Waals surface area contributed by atoms with Crippen molar-refractivity contribution >= 4 is 40.4 Å². The van der Waals surface area contributed by atoms with Gasteiger partial charge >= 0.3 is 0 Å². The Kier molecular flexibility index (Phi) is 5.15. The van der Waals surface area contributed by atoms with Gasteiger partial charge in [0, 0.05) is 18.8 Å². The summed E-state index contributed by atoms with van der Waals surface area (Å²) < 4.78 is 13.2. The van der Waals surface area contributed by atoms with E-state index in [1.165, 1.54) is 23.5 Å². The van der Waals surface area contributed by atoms with Crippen LogP contribution in [-0.4, -0.2) is 23.3 Å². The maximum atomic E-state index is 13.2.